The Morgan fingerprint density at radius 3 is 2.05 bits per heavy atom. The summed E-state index contributed by atoms with van der Waals surface area (Å²) in [6.07, 6.45) is 0. The van der Waals surface area contributed by atoms with Crippen molar-refractivity contribution in [2.75, 3.05) is 0 Å². The largest absolute Gasteiger partial charge is 0.316 e. The summed E-state index contributed by atoms with van der Waals surface area (Å²) in [5.74, 6) is -0.139. The number of rotatable bonds is 2. The van der Waals surface area contributed by atoms with Crippen molar-refractivity contribution in [2.45, 2.75) is 0 Å². The second-order valence-corrected chi connectivity index (χ2v) is 5.75. The fourth-order valence-electron chi connectivity index (χ4n) is 2.02. The highest BCUT2D eigenvalue weighted by Crippen LogP contribution is 2.15. The standard InChI is InChI=1S/C15H9IN2O3/c16-10-4-1-8(2-5-10)13(19)9-3-6-11-12(7-9)18-15(21)14(20)17-11/h1-7H,(H,17,20)(H,18,21). The predicted octanol–water partition coefficient (Wildman–Crippen LogP) is 2.05. The molecule has 0 unspecified atom stereocenters. The van der Waals surface area contributed by atoms with Crippen LogP contribution in [0.3, 0.4) is 0 Å². The average molecular weight is 392 g/mol. The first-order chi connectivity index (χ1) is 10.0. The molecule has 2 N–H and O–H groups in total. The minimum atomic E-state index is -0.735. The third kappa shape index (κ3) is 2.66. The zero-order valence-electron chi connectivity index (χ0n) is 10.6. The van der Waals surface area contributed by atoms with Gasteiger partial charge in [-0.05, 0) is 65.1 Å². The number of fused-ring (bicyclic) bond motifs is 1. The van der Waals surface area contributed by atoms with Crippen LogP contribution in [0.2, 0.25) is 0 Å². The maximum atomic E-state index is 12.4. The number of H-pyrrole nitrogens is 2. The Bertz CT molecular complexity index is 955. The molecule has 0 aliphatic rings. The van der Waals surface area contributed by atoms with Gasteiger partial charge in [0.15, 0.2) is 5.78 Å². The number of aromatic nitrogens is 2. The van der Waals surface area contributed by atoms with Crippen LogP contribution in [0.25, 0.3) is 11.0 Å². The van der Waals surface area contributed by atoms with Crippen LogP contribution in [0.5, 0.6) is 0 Å². The fraction of sp³-hybridized carbons (Fsp3) is 0. The van der Waals surface area contributed by atoms with Gasteiger partial charge in [0.05, 0.1) is 11.0 Å². The quantitative estimate of drug-likeness (QED) is 0.398. The van der Waals surface area contributed by atoms with Crippen molar-refractivity contribution in [1.29, 1.82) is 0 Å². The number of nitrogens with one attached hydrogen (secondary N) is 2. The Morgan fingerprint density at radius 2 is 1.38 bits per heavy atom. The zero-order chi connectivity index (χ0) is 15.0. The van der Waals surface area contributed by atoms with Gasteiger partial charge in [-0.25, -0.2) is 0 Å². The van der Waals surface area contributed by atoms with E-state index in [0.29, 0.717) is 22.2 Å². The van der Waals surface area contributed by atoms with Gasteiger partial charge in [-0.1, -0.05) is 0 Å². The van der Waals surface area contributed by atoms with E-state index in [1.54, 1.807) is 30.3 Å². The highest BCUT2D eigenvalue weighted by atomic mass is 127. The fourth-order valence-corrected chi connectivity index (χ4v) is 2.38. The van der Waals surface area contributed by atoms with E-state index in [2.05, 4.69) is 32.6 Å². The van der Waals surface area contributed by atoms with Gasteiger partial charge in [0.25, 0.3) is 0 Å². The van der Waals surface area contributed by atoms with Gasteiger partial charge >= 0.3 is 11.1 Å². The molecule has 104 valence electrons. The molecule has 0 bridgehead atoms. The third-order valence-electron chi connectivity index (χ3n) is 3.09. The van der Waals surface area contributed by atoms with E-state index >= 15 is 0 Å². The first-order valence-corrected chi connectivity index (χ1v) is 7.19. The molecular formula is C15H9IN2O3. The maximum absolute atomic E-state index is 12.4. The van der Waals surface area contributed by atoms with E-state index in [9.17, 15) is 14.4 Å². The molecule has 0 aliphatic carbocycles. The number of hydrogen-bond acceptors (Lipinski definition) is 3. The molecule has 0 atom stereocenters. The van der Waals surface area contributed by atoms with E-state index in [4.69, 9.17) is 0 Å². The molecule has 1 heterocycles. The second kappa shape index (κ2) is 5.28. The van der Waals surface area contributed by atoms with Crippen LogP contribution in [-0.4, -0.2) is 15.8 Å². The minimum absolute atomic E-state index is 0.139. The van der Waals surface area contributed by atoms with Crippen molar-refractivity contribution in [3.63, 3.8) is 0 Å². The molecule has 0 fully saturated rings. The van der Waals surface area contributed by atoms with Gasteiger partial charge in [0.2, 0.25) is 0 Å². The third-order valence-corrected chi connectivity index (χ3v) is 3.81. The number of carbonyl (C=O) groups excluding carboxylic acids is 1. The van der Waals surface area contributed by atoms with Crippen LogP contribution < -0.4 is 11.1 Å². The molecule has 0 saturated heterocycles. The maximum Gasteiger partial charge on any atom is 0.314 e. The smallest absolute Gasteiger partial charge is 0.314 e. The number of benzene rings is 2. The molecule has 21 heavy (non-hydrogen) atoms. The van der Waals surface area contributed by atoms with Gasteiger partial charge in [0.1, 0.15) is 0 Å². The normalized spacial score (nSPS) is 10.7. The van der Waals surface area contributed by atoms with Crippen LogP contribution >= 0.6 is 22.6 Å². The Hall–Kier alpha value is -2.22. The Balaban J connectivity index is 2.10. The van der Waals surface area contributed by atoms with Crippen LogP contribution in [-0.2, 0) is 0 Å². The number of hydrogen-bond donors (Lipinski definition) is 2. The predicted molar refractivity (Wildman–Crippen MR) is 87.8 cm³/mol. The van der Waals surface area contributed by atoms with Crippen LogP contribution in [0.15, 0.2) is 52.1 Å². The second-order valence-electron chi connectivity index (χ2n) is 4.50. The molecule has 2 aromatic carbocycles. The van der Waals surface area contributed by atoms with Crippen molar-refractivity contribution in [3.8, 4) is 0 Å². The molecule has 0 spiro atoms. The topological polar surface area (TPSA) is 82.8 Å². The molecule has 5 nitrogen and oxygen atoms in total. The number of ketones is 1. The summed E-state index contributed by atoms with van der Waals surface area (Å²) in [6, 6.07) is 12.0. The van der Waals surface area contributed by atoms with E-state index in [1.807, 2.05) is 12.1 Å². The molecule has 3 aromatic rings. The molecule has 6 heteroatoms. The summed E-state index contributed by atoms with van der Waals surface area (Å²) in [6.45, 7) is 0. The Kier molecular flexibility index (Phi) is 3.46. The summed E-state index contributed by atoms with van der Waals surface area (Å²) < 4.78 is 1.05. The van der Waals surface area contributed by atoms with E-state index in [0.717, 1.165) is 3.57 Å². The van der Waals surface area contributed by atoms with E-state index in [-0.39, 0.29) is 5.78 Å². The van der Waals surface area contributed by atoms with Gasteiger partial charge in [-0.15, -0.1) is 0 Å². The molecule has 0 saturated carbocycles. The highest BCUT2D eigenvalue weighted by molar-refractivity contribution is 14.1. The lowest BCUT2D eigenvalue weighted by atomic mass is 10.0. The van der Waals surface area contributed by atoms with Gasteiger partial charge < -0.3 is 9.97 Å². The zero-order valence-corrected chi connectivity index (χ0v) is 12.8. The van der Waals surface area contributed by atoms with Crippen LogP contribution in [0, 0.1) is 3.57 Å². The van der Waals surface area contributed by atoms with E-state index < -0.39 is 11.1 Å². The summed E-state index contributed by atoms with van der Waals surface area (Å²) in [5.41, 5.74) is 0.489. The van der Waals surface area contributed by atoms with Crippen LogP contribution in [0.1, 0.15) is 15.9 Å². The van der Waals surface area contributed by atoms with Gasteiger partial charge in [0, 0.05) is 14.7 Å². The first-order valence-electron chi connectivity index (χ1n) is 6.11. The molecule has 0 radical (unpaired) electrons. The summed E-state index contributed by atoms with van der Waals surface area (Å²) >= 11 is 2.17. The summed E-state index contributed by atoms with van der Waals surface area (Å²) in [7, 11) is 0. The highest BCUT2D eigenvalue weighted by Gasteiger charge is 2.10. The van der Waals surface area contributed by atoms with E-state index in [1.165, 1.54) is 0 Å². The Labute approximate surface area is 132 Å². The van der Waals surface area contributed by atoms with Crippen molar-refractivity contribution in [1.82, 2.24) is 9.97 Å². The minimum Gasteiger partial charge on any atom is -0.316 e. The molecule has 0 amide bonds. The molecule has 3 rings (SSSR count). The molecule has 1 aromatic heterocycles. The summed E-state index contributed by atoms with van der Waals surface area (Å²) in [4.78, 5) is 39.9. The lowest BCUT2D eigenvalue weighted by Crippen LogP contribution is -2.28. The van der Waals surface area contributed by atoms with Crippen molar-refractivity contribution < 1.29 is 4.79 Å². The number of aromatic amines is 2. The van der Waals surface area contributed by atoms with Crippen molar-refractivity contribution in [3.05, 3.63) is 77.9 Å². The first kappa shape index (κ1) is 13.7. The van der Waals surface area contributed by atoms with Crippen LogP contribution in [0.4, 0.5) is 0 Å². The lowest BCUT2D eigenvalue weighted by molar-refractivity contribution is 0.103. The van der Waals surface area contributed by atoms with Crippen molar-refractivity contribution >= 4 is 39.4 Å². The van der Waals surface area contributed by atoms with Gasteiger partial charge in [-0.3, -0.25) is 14.4 Å². The van der Waals surface area contributed by atoms with Crippen molar-refractivity contribution in [2.24, 2.45) is 0 Å². The Morgan fingerprint density at radius 1 is 0.810 bits per heavy atom. The molecule has 0 aliphatic heterocycles. The number of halogens is 1. The average Bonchev–Trinajstić information content (AvgIpc) is 2.48. The SMILES string of the molecule is O=C(c1ccc(I)cc1)c1ccc2[nH]c(=O)c(=O)[nH]c2c1. The lowest BCUT2D eigenvalue weighted by Gasteiger charge is -2.03. The monoisotopic (exact) mass is 392 g/mol. The number of carbonyl (C=O) groups is 1. The van der Waals surface area contributed by atoms with Gasteiger partial charge in [-0.2, -0.15) is 0 Å². The summed E-state index contributed by atoms with van der Waals surface area (Å²) in [5, 5.41) is 0. The molecular weight excluding hydrogens is 383 g/mol.